The van der Waals surface area contributed by atoms with Crippen LogP contribution in [0.3, 0.4) is 0 Å². The molecule has 1 aromatic carbocycles. The molecule has 0 saturated heterocycles. The summed E-state index contributed by atoms with van der Waals surface area (Å²) in [7, 11) is 0. The summed E-state index contributed by atoms with van der Waals surface area (Å²) in [5.41, 5.74) is -1.55. The van der Waals surface area contributed by atoms with E-state index in [-0.39, 0.29) is 5.69 Å². The Labute approximate surface area is 103 Å². The zero-order valence-corrected chi connectivity index (χ0v) is 10.2. The minimum Gasteiger partial charge on any atom is -0.444 e. The summed E-state index contributed by atoms with van der Waals surface area (Å²) in [5.74, 6) is -1.82. The molecule has 0 heterocycles. The molecular formula is C12H12F2N2O2. The van der Waals surface area contributed by atoms with Gasteiger partial charge in [-0.3, -0.25) is 5.32 Å². The first kappa shape index (κ1) is 13.9. The molecule has 0 aliphatic heterocycles. The molecule has 0 unspecified atom stereocenters. The number of nitrogens with one attached hydrogen (secondary N) is 1. The number of hydrogen-bond acceptors (Lipinski definition) is 3. The van der Waals surface area contributed by atoms with Gasteiger partial charge in [0.1, 0.15) is 23.3 Å². The fourth-order valence-electron chi connectivity index (χ4n) is 1.14. The summed E-state index contributed by atoms with van der Waals surface area (Å²) in [5, 5.41) is 10.6. The van der Waals surface area contributed by atoms with Gasteiger partial charge in [0.05, 0.1) is 11.3 Å². The number of carbonyl (C=O) groups is 1. The number of ether oxygens (including phenoxy) is 1. The molecular weight excluding hydrogens is 242 g/mol. The van der Waals surface area contributed by atoms with E-state index in [0.717, 1.165) is 6.07 Å². The molecule has 0 fully saturated rings. The molecule has 1 aromatic rings. The maximum Gasteiger partial charge on any atom is 0.412 e. The third-order valence-electron chi connectivity index (χ3n) is 1.81. The fourth-order valence-corrected chi connectivity index (χ4v) is 1.14. The van der Waals surface area contributed by atoms with Crippen molar-refractivity contribution in [2.24, 2.45) is 0 Å². The maximum atomic E-state index is 13.4. The number of rotatable bonds is 1. The van der Waals surface area contributed by atoms with Gasteiger partial charge in [-0.15, -0.1) is 0 Å². The number of nitrogens with zero attached hydrogens (tertiary/aromatic N) is 1. The molecule has 0 spiro atoms. The largest absolute Gasteiger partial charge is 0.444 e. The second-order valence-electron chi connectivity index (χ2n) is 4.55. The molecule has 0 aliphatic carbocycles. The highest BCUT2D eigenvalue weighted by Gasteiger charge is 2.18. The minimum absolute atomic E-state index is 0.374. The lowest BCUT2D eigenvalue weighted by Gasteiger charge is -2.19. The summed E-state index contributed by atoms with van der Waals surface area (Å²) < 4.78 is 31.5. The van der Waals surface area contributed by atoms with Gasteiger partial charge in [-0.05, 0) is 26.8 Å². The van der Waals surface area contributed by atoms with Gasteiger partial charge in [0.2, 0.25) is 0 Å². The zero-order chi connectivity index (χ0) is 13.9. The van der Waals surface area contributed by atoms with Gasteiger partial charge in [-0.25, -0.2) is 13.6 Å². The van der Waals surface area contributed by atoms with Gasteiger partial charge >= 0.3 is 6.09 Å². The second-order valence-corrected chi connectivity index (χ2v) is 4.55. The first-order chi connectivity index (χ1) is 8.23. The van der Waals surface area contributed by atoms with Gasteiger partial charge < -0.3 is 4.74 Å². The van der Waals surface area contributed by atoms with Gasteiger partial charge in [0.25, 0.3) is 0 Å². The molecule has 0 aromatic heterocycles. The zero-order valence-electron chi connectivity index (χ0n) is 10.2. The van der Waals surface area contributed by atoms with Crippen LogP contribution in [0.5, 0.6) is 0 Å². The molecule has 96 valence electrons. The van der Waals surface area contributed by atoms with Crippen LogP contribution in [0.25, 0.3) is 0 Å². The quantitative estimate of drug-likeness (QED) is 0.837. The van der Waals surface area contributed by atoms with Crippen LogP contribution < -0.4 is 5.32 Å². The van der Waals surface area contributed by atoms with E-state index in [1.807, 2.05) is 0 Å². The normalized spacial score (nSPS) is 10.7. The summed E-state index contributed by atoms with van der Waals surface area (Å²) >= 11 is 0. The van der Waals surface area contributed by atoms with Crippen LogP contribution in [-0.2, 0) is 4.74 Å². The highest BCUT2D eigenvalue weighted by atomic mass is 19.1. The molecule has 4 nitrogen and oxygen atoms in total. The third-order valence-corrected chi connectivity index (χ3v) is 1.81. The Morgan fingerprint density at radius 3 is 2.44 bits per heavy atom. The van der Waals surface area contributed by atoms with Crippen molar-refractivity contribution in [3.8, 4) is 6.07 Å². The molecule has 1 amide bonds. The molecule has 1 N–H and O–H groups in total. The second kappa shape index (κ2) is 5.00. The molecule has 6 heteroatoms. The Bertz CT molecular complexity index is 516. The predicted molar refractivity (Wildman–Crippen MR) is 60.9 cm³/mol. The molecule has 18 heavy (non-hydrogen) atoms. The van der Waals surface area contributed by atoms with Crippen molar-refractivity contribution in [1.29, 1.82) is 5.26 Å². The summed E-state index contributed by atoms with van der Waals surface area (Å²) in [6, 6.07) is 2.94. The Morgan fingerprint density at radius 2 is 1.94 bits per heavy atom. The van der Waals surface area contributed by atoms with Crippen LogP contribution in [-0.4, -0.2) is 11.7 Å². The molecule has 0 aliphatic rings. The SMILES string of the molecule is CC(C)(C)OC(=O)Nc1cc(F)c(C#N)cc1F. The Kier molecular flexibility index (Phi) is 3.86. The van der Waals surface area contributed by atoms with Crippen LogP contribution >= 0.6 is 0 Å². The molecule has 0 radical (unpaired) electrons. The van der Waals surface area contributed by atoms with Crippen molar-refractivity contribution in [2.75, 3.05) is 5.32 Å². The van der Waals surface area contributed by atoms with E-state index in [1.54, 1.807) is 20.8 Å². The summed E-state index contributed by atoms with van der Waals surface area (Å²) in [6.07, 6.45) is -0.898. The fraction of sp³-hybridized carbons (Fsp3) is 0.333. The number of benzene rings is 1. The van der Waals surface area contributed by atoms with Crippen LogP contribution in [0.4, 0.5) is 19.3 Å². The lowest BCUT2D eigenvalue weighted by atomic mass is 10.2. The van der Waals surface area contributed by atoms with E-state index >= 15 is 0 Å². The van der Waals surface area contributed by atoms with Crippen molar-refractivity contribution in [3.63, 3.8) is 0 Å². The van der Waals surface area contributed by atoms with E-state index in [4.69, 9.17) is 10.00 Å². The van der Waals surface area contributed by atoms with E-state index in [1.165, 1.54) is 6.07 Å². The van der Waals surface area contributed by atoms with Gasteiger partial charge in [-0.2, -0.15) is 5.26 Å². The number of amides is 1. The Balaban J connectivity index is 2.90. The smallest absolute Gasteiger partial charge is 0.412 e. The highest BCUT2D eigenvalue weighted by molar-refractivity contribution is 5.85. The van der Waals surface area contributed by atoms with E-state index in [0.29, 0.717) is 6.07 Å². The number of carbonyl (C=O) groups excluding carboxylic acids is 1. The van der Waals surface area contributed by atoms with Gasteiger partial charge in [-0.1, -0.05) is 0 Å². The average molecular weight is 254 g/mol. The predicted octanol–water partition coefficient (Wildman–Crippen LogP) is 3.18. The first-order valence-electron chi connectivity index (χ1n) is 5.12. The number of nitriles is 1. The van der Waals surface area contributed by atoms with Gasteiger partial charge in [0, 0.05) is 6.07 Å². The van der Waals surface area contributed by atoms with E-state index in [2.05, 4.69) is 5.32 Å². The Morgan fingerprint density at radius 1 is 1.33 bits per heavy atom. The van der Waals surface area contributed by atoms with Crippen molar-refractivity contribution in [3.05, 3.63) is 29.3 Å². The van der Waals surface area contributed by atoms with Crippen LogP contribution in [0.15, 0.2) is 12.1 Å². The molecule has 0 atom stereocenters. The monoisotopic (exact) mass is 254 g/mol. The summed E-state index contributed by atoms with van der Waals surface area (Å²) in [4.78, 5) is 11.4. The van der Waals surface area contributed by atoms with Crippen molar-refractivity contribution in [1.82, 2.24) is 0 Å². The molecule has 0 saturated carbocycles. The van der Waals surface area contributed by atoms with Crippen LogP contribution in [0.2, 0.25) is 0 Å². The topological polar surface area (TPSA) is 62.1 Å². The molecule has 1 rings (SSSR count). The average Bonchev–Trinajstić information content (AvgIpc) is 2.20. The van der Waals surface area contributed by atoms with Crippen molar-refractivity contribution in [2.45, 2.75) is 26.4 Å². The summed E-state index contributed by atoms with van der Waals surface area (Å²) in [6.45, 7) is 4.92. The highest BCUT2D eigenvalue weighted by Crippen LogP contribution is 2.20. The van der Waals surface area contributed by atoms with Crippen molar-refractivity contribution >= 4 is 11.8 Å². The Hall–Kier alpha value is -2.16. The number of halogens is 2. The standard InChI is InChI=1S/C12H12F2N2O2/c1-12(2,3)18-11(17)16-10-5-8(13)7(6-15)4-9(10)14/h4-5H,1-3H3,(H,16,17). The third kappa shape index (κ3) is 3.70. The van der Waals surface area contributed by atoms with Crippen LogP contribution in [0, 0.1) is 23.0 Å². The minimum atomic E-state index is -0.912. The van der Waals surface area contributed by atoms with Crippen molar-refractivity contribution < 1.29 is 18.3 Å². The van der Waals surface area contributed by atoms with E-state index < -0.39 is 28.9 Å². The van der Waals surface area contributed by atoms with E-state index in [9.17, 15) is 13.6 Å². The lowest BCUT2D eigenvalue weighted by Crippen LogP contribution is -2.27. The van der Waals surface area contributed by atoms with Crippen LogP contribution in [0.1, 0.15) is 26.3 Å². The maximum absolute atomic E-state index is 13.4. The van der Waals surface area contributed by atoms with Gasteiger partial charge in [0.15, 0.2) is 0 Å². The number of hydrogen-bond donors (Lipinski definition) is 1. The lowest BCUT2D eigenvalue weighted by molar-refractivity contribution is 0.0635. The molecule has 0 bridgehead atoms. The first-order valence-corrected chi connectivity index (χ1v) is 5.12. The number of anilines is 1.